The first-order chi connectivity index (χ1) is 12.2. The van der Waals surface area contributed by atoms with Gasteiger partial charge in [0.2, 0.25) is 0 Å². The highest BCUT2D eigenvalue weighted by Gasteiger charge is 2.32. The fourth-order valence-electron chi connectivity index (χ4n) is 3.43. The number of thiophene rings is 1. The standard InChI is InChI=1S/C18H20N2O4S/c21-17(13-5-9-24-12-13)20-6-1-2-14(20)15-3-4-16(25-15)18(22)19-7-10-23-11-8-19/h3-5,9,12,14H,1-2,6-8,10-11H2. The second kappa shape index (κ2) is 7.01. The predicted octanol–water partition coefficient (Wildman–Crippen LogP) is 2.79. The number of nitrogens with zero attached hydrogens (tertiary/aromatic N) is 2. The summed E-state index contributed by atoms with van der Waals surface area (Å²) in [5.41, 5.74) is 0.577. The van der Waals surface area contributed by atoms with Gasteiger partial charge in [0.05, 0.1) is 36.0 Å². The molecule has 2 aliphatic heterocycles. The van der Waals surface area contributed by atoms with Crippen molar-refractivity contribution in [2.24, 2.45) is 0 Å². The summed E-state index contributed by atoms with van der Waals surface area (Å²) in [4.78, 5) is 30.8. The van der Waals surface area contributed by atoms with E-state index in [0.29, 0.717) is 31.9 Å². The van der Waals surface area contributed by atoms with E-state index >= 15 is 0 Å². The first kappa shape index (κ1) is 16.4. The van der Waals surface area contributed by atoms with Gasteiger partial charge in [-0.15, -0.1) is 11.3 Å². The van der Waals surface area contributed by atoms with Gasteiger partial charge in [0.1, 0.15) is 6.26 Å². The monoisotopic (exact) mass is 360 g/mol. The Kier molecular flexibility index (Phi) is 4.59. The maximum Gasteiger partial charge on any atom is 0.264 e. The van der Waals surface area contributed by atoms with E-state index in [1.54, 1.807) is 6.07 Å². The number of morpholine rings is 1. The average Bonchev–Trinajstić information content (AvgIpc) is 3.42. The highest BCUT2D eigenvalue weighted by Crippen LogP contribution is 2.37. The molecular weight excluding hydrogens is 340 g/mol. The Bertz CT molecular complexity index is 749. The Balaban J connectivity index is 1.50. The van der Waals surface area contributed by atoms with Crippen LogP contribution in [-0.2, 0) is 4.74 Å². The molecule has 2 aromatic heterocycles. The van der Waals surface area contributed by atoms with E-state index in [1.807, 2.05) is 21.9 Å². The summed E-state index contributed by atoms with van der Waals surface area (Å²) < 4.78 is 10.3. The smallest absolute Gasteiger partial charge is 0.264 e. The minimum atomic E-state index is -0.00861. The van der Waals surface area contributed by atoms with Gasteiger partial charge >= 0.3 is 0 Å². The predicted molar refractivity (Wildman–Crippen MR) is 92.8 cm³/mol. The number of carbonyl (C=O) groups is 2. The molecule has 2 aromatic rings. The van der Waals surface area contributed by atoms with Gasteiger partial charge < -0.3 is 19.0 Å². The van der Waals surface area contributed by atoms with Crippen LogP contribution in [0.5, 0.6) is 0 Å². The lowest BCUT2D eigenvalue weighted by molar-refractivity contribution is 0.0306. The molecule has 0 aromatic carbocycles. The molecule has 2 aliphatic rings. The van der Waals surface area contributed by atoms with Crippen LogP contribution in [0.1, 0.15) is 43.8 Å². The lowest BCUT2D eigenvalue weighted by atomic mass is 10.1. The second-order valence-electron chi connectivity index (χ2n) is 6.28. The van der Waals surface area contributed by atoms with Gasteiger partial charge in [-0.05, 0) is 31.0 Å². The lowest BCUT2D eigenvalue weighted by Gasteiger charge is -2.26. The molecule has 1 unspecified atom stereocenters. The number of hydrogen-bond acceptors (Lipinski definition) is 5. The fraction of sp³-hybridized carbons (Fsp3) is 0.444. The number of likely N-dealkylation sites (tertiary alicyclic amines) is 1. The van der Waals surface area contributed by atoms with Crippen molar-refractivity contribution in [1.29, 1.82) is 0 Å². The van der Waals surface area contributed by atoms with Crippen LogP contribution in [0, 0.1) is 0 Å². The Morgan fingerprint density at radius 1 is 1.08 bits per heavy atom. The van der Waals surface area contributed by atoms with Gasteiger partial charge in [-0.2, -0.15) is 0 Å². The summed E-state index contributed by atoms with van der Waals surface area (Å²) in [6.07, 6.45) is 4.90. The maximum absolute atomic E-state index is 12.7. The van der Waals surface area contributed by atoms with E-state index in [0.717, 1.165) is 29.1 Å². The molecule has 0 bridgehead atoms. The Morgan fingerprint density at radius 3 is 2.68 bits per heavy atom. The molecule has 4 rings (SSSR count). The SMILES string of the molecule is O=C(c1ccc(C2CCCN2C(=O)c2ccoc2)s1)N1CCOCC1. The normalized spacial score (nSPS) is 20.9. The molecule has 7 heteroatoms. The van der Waals surface area contributed by atoms with Gasteiger partial charge in [-0.25, -0.2) is 0 Å². The van der Waals surface area contributed by atoms with Crippen molar-refractivity contribution in [3.63, 3.8) is 0 Å². The molecule has 4 heterocycles. The number of hydrogen-bond donors (Lipinski definition) is 0. The zero-order chi connectivity index (χ0) is 17.2. The van der Waals surface area contributed by atoms with Crippen molar-refractivity contribution in [3.8, 4) is 0 Å². The van der Waals surface area contributed by atoms with Crippen molar-refractivity contribution in [1.82, 2.24) is 9.80 Å². The maximum atomic E-state index is 12.7. The van der Waals surface area contributed by atoms with E-state index in [4.69, 9.17) is 9.15 Å². The summed E-state index contributed by atoms with van der Waals surface area (Å²) in [5.74, 6) is 0.0518. The summed E-state index contributed by atoms with van der Waals surface area (Å²) in [7, 11) is 0. The third kappa shape index (κ3) is 3.21. The van der Waals surface area contributed by atoms with E-state index < -0.39 is 0 Å². The third-order valence-corrected chi connectivity index (χ3v) is 5.92. The van der Waals surface area contributed by atoms with Gasteiger partial charge in [0.15, 0.2) is 0 Å². The Morgan fingerprint density at radius 2 is 1.92 bits per heavy atom. The van der Waals surface area contributed by atoms with E-state index in [2.05, 4.69) is 0 Å². The number of rotatable bonds is 3. The summed E-state index contributed by atoms with van der Waals surface area (Å²) >= 11 is 1.50. The van der Waals surface area contributed by atoms with Crippen LogP contribution in [0.4, 0.5) is 0 Å². The summed E-state index contributed by atoms with van der Waals surface area (Å²) in [6.45, 7) is 3.21. The molecule has 1 atom stereocenters. The second-order valence-corrected chi connectivity index (χ2v) is 7.39. The Hall–Kier alpha value is -2.12. The van der Waals surface area contributed by atoms with Crippen LogP contribution in [0.2, 0.25) is 0 Å². The van der Waals surface area contributed by atoms with Gasteiger partial charge in [0, 0.05) is 24.5 Å². The van der Waals surface area contributed by atoms with E-state index in [-0.39, 0.29) is 17.9 Å². The van der Waals surface area contributed by atoms with Crippen molar-refractivity contribution in [3.05, 3.63) is 46.0 Å². The van der Waals surface area contributed by atoms with Crippen LogP contribution in [-0.4, -0.2) is 54.5 Å². The molecule has 0 saturated carbocycles. The molecule has 6 nitrogen and oxygen atoms in total. The highest BCUT2D eigenvalue weighted by atomic mass is 32.1. The minimum Gasteiger partial charge on any atom is -0.472 e. The molecule has 0 aliphatic carbocycles. The van der Waals surface area contributed by atoms with Crippen molar-refractivity contribution < 1.29 is 18.7 Å². The molecule has 2 fully saturated rings. The Labute approximate surface area is 150 Å². The summed E-state index contributed by atoms with van der Waals surface area (Å²) in [6, 6.07) is 5.61. The largest absolute Gasteiger partial charge is 0.472 e. The van der Waals surface area contributed by atoms with Crippen molar-refractivity contribution in [2.45, 2.75) is 18.9 Å². The first-order valence-corrected chi connectivity index (χ1v) is 9.35. The van der Waals surface area contributed by atoms with Gasteiger partial charge in [-0.3, -0.25) is 9.59 Å². The van der Waals surface area contributed by atoms with Gasteiger partial charge in [0.25, 0.3) is 11.8 Å². The van der Waals surface area contributed by atoms with Crippen LogP contribution in [0.3, 0.4) is 0 Å². The molecule has 0 radical (unpaired) electrons. The first-order valence-electron chi connectivity index (χ1n) is 8.54. The number of amides is 2. The van der Waals surface area contributed by atoms with E-state index in [1.165, 1.54) is 23.9 Å². The molecule has 132 valence electrons. The van der Waals surface area contributed by atoms with Gasteiger partial charge in [-0.1, -0.05) is 0 Å². The number of furan rings is 1. The third-order valence-electron chi connectivity index (χ3n) is 4.75. The lowest BCUT2D eigenvalue weighted by Crippen LogP contribution is -2.40. The fourth-order valence-corrected chi connectivity index (χ4v) is 4.55. The molecule has 2 amide bonds. The molecular formula is C18H20N2O4S. The average molecular weight is 360 g/mol. The highest BCUT2D eigenvalue weighted by molar-refractivity contribution is 7.14. The van der Waals surface area contributed by atoms with Crippen molar-refractivity contribution >= 4 is 23.2 Å². The molecule has 25 heavy (non-hydrogen) atoms. The summed E-state index contributed by atoms with van der Waals surface area (Å²) in [5, 5.41) is 0. The van der Waals surface area contributed by atoms with Crippen LogP contribution < -0.4 is 0 Å². The van der Waals surface area contributed by atoms with Crippen LogP contribution in [0.15, 0.2) is 35.1 Å². The van der Waals surface area contributed by atoms with Crippen LogP contribution in [0.25, 0.3) is 0 Å². The molecule has 0 spiro atoms. The van der Waals surface area contributed by atoms with Crippen LogP contribution >= 0.6 is 11.3 Å². The quantitative estimate of drug-likeness (QED) is 0.844. The zero-order valence-corrected chi connectivity index (χ0v) is 14.7. The molecule has 2 saturated heterocycles. The number of ether oxygens (including phenoxy) is 1. The van der Waals surface area contributed by atoms with E-state index in [9.17, 15) is 9.59 Å². The topological polar surface area (TPSA) is 63.0 Å². The molecule has 0 N–H and O–H groups in total. The minimum absolute atomic E-state index is 0.00861. The van der Waals surface area contributed by atoms with Crippen molar-refractivity contribution in [2.75, 3.05) is 32.8 Å². The number of carbonyl (C=O) groups excluding carboxylic acids is 2. The zero-order valence-electron chi connectivity index (χ0n) is 13.8.